The summed E-state index contributed by atoms with van der Waals surface area (Å²) in [5, 5.41) is 3.81. The van der Waals surface area contributed by atoms with Gasteiger partial charge in [0.25, 0.3) is 11.8 Å². The maximum absolute atomic E-state index is 12.9. The SMILES string of the molecule is COc1c(Cl)cccc1Nc1cc(Cc2ccc(C(=O)N3CCC3)c(C)n2)nc2c1C(=O)N(C)C2. The van der Waals surface area contributed by atoms with Crippen molar-refractivity contribution in [2.75, 3.05) is 32.6 Å². The number of anilines is 2. The van der Waals surface area contributed by atoms with Crippen LogP contribution >= 0.6 is 11.6 Å². The average Bonchev–Trinajstić information content (AvgIpc) is 3.06. The molecule has 2 amide bonds. The Labute approximate surface area is 208 Å². The highest BCUT2D eigenvalue weighted by Gasteiger charge is 2.30. The van der Waals surface area contributed by atoms with Gasteiger partial charge >= 0.3 is 0 Å². The first-order chi connectivity index (χ1) is 16.9. The van der Waals surface area contributed by atoms with E-state index < -0.39 is 0 Å². The van der Waals surface area contributed by atoms with E-state index in [-0.39, 0.29) is 11.8 Å². The van der Waals surface area contributed by atoms with Crippen LogP contribution in [0.1, 0.15) is 49.9 Å². The van der Waals surface area contributed by atoms with Gasteiger partial charge in [0.15, 0.2) is 5.75 Å². The molecule has 35 heavy (non-hydrogen) atoms. The van der Waals surface area contributed by atoms with Gasteiger partial charge in [0.05, 0.1) is 52.6 Å². The first kappa shape index (κ1) is 23.1. The number of hydrogen-bond donors (Lipinski definition) is 1. The molecular weight excluding hydrogens is 466 g/mol. The van der Waals surface area contributed by atoms with Gasteiger partial charge in [-0.3, -0.25) is 19.6 Å². The number of benzene rings is 1. The lowest BCUT2D eigenvalue weighted by molar-refractivity contribution is 0.0650. The molecule has 180 valence electrons. The van der Waals surface area contributed by atoms with Crippen LogP contribution in [0.2, 0.25) is 5.02 Å². The number of likely N-dealkylation sites (tertiary alicyclic amines) is 1. The average molecular weight is 492 g/mol. The van der Waals surface area contributed by atoms with E-state index in [2.05, 4.69) is 10.3 Å². The number of fused-ring (bicyclic) bond motifs is 1. The molecule has 0 unspecified atom stereocenters. The molecule has 0 spiro atoms. The van der Waals surface area contributed by atoms with Crippen molar-refractivity contribution in [3.05, 3.63) is 75.3 Å². The predicted molar refractivity (Wildman–Crippen MR) is 134 cm³/mol. The van der Waals surface area contributed by atoms with Crippen molar-refractivity contribution in [3.63, 3.8) is 0 Å². The molecule has 2 aliphatic rings. The summed E-state index contributed by atoms with van der Waals surface area (Å²) in [5.74, 6) is 0.442. The van der Waals surface area contributed by atoms with E-state index >= 15 is 0 Å². The number of pyridine rings is 2. The number of halogens is 1. The van der Waals surface area contributed by atoms with Crippen molar-refractivity contribution >= 4 is 34.8 Å². The highest BCUT2D eigenvalue weighted by atomic mass is 35.5. The van der Waals surface area contributed by atoms with Crippen LogP contribution in [-0.2, 0) is 13.0 Å². The second kappa shape index (κ2) is 9.19. The van der Waals surface area contributed by atoms with Crippen LogP contribution in [0.15, 0.2) is 36.4 Å². The van der Waals surface area contributed by atoms with Gasteiger partial charge in [-0.1, -0.05) is 17.7 Å². The summed E-state index contributed by atoms with van der Waals surface area (Å²) in [6.07, 6.45) is 1.51. The molecule has 8 nitrogen and oxygen atoms in total. The topological polar surface area (TPSA) is 87.7 Å². The Balaban J connectivity index is 1.47. The number of carbonyl (C=O) groups excluding carboxylic acids is 2. The number of rotatable bonds is 6. The summed E-state index contributed by atoms with van der Waals surface area (Å²) in [4.78, 5) is 38.4. The molecule has 2 aliphatic heterocycles. The van der Waals surface area contributed by atoms with Crippen molar-refractivity contribution in [1.82, 2.24) is 19.8 Å². The number of para-hydroxylation sites is 1. The molecule has 0 atom stereocenters. The summed E-state index contributed by atoms with van der Waals surface area (Å²) in [6.45, 7) is 3.90. The molecule has 5 rings (SSSR count). The fraction of sp³-hybridized carbons (Fsp3) is 0.308. The third kappa shape index (κ3) is 4.30. The molecule has 1 fully saturated rings. The predicted octanol–water partition coefficient (Wildman–Crippen LogP) is 4.21. The molecule has 1 saturated heterocycles. The van der Waals surface area contributed by atoms with E-state index in [9.17, 15) is 9.59 Å². The molecule has 4 heterocycles. The Morgan fingerprint density at radius 3 is 2.63 bits per heavy atom. The highest BCUT2D eigenvalue weighted by molar-refractivity contribution is 6.32. The number of hydrogen-bond acceptors (Lipinski definition) is 6. The number of ether oxygens (including phenoxy) is 1. The zero-order chi connectivity index (χ0) is 24.7. The Kier molecular flexibility index (Phi) is 6.06. The van der Waals surface area contributed by atoms with E-state index in [4.69, 9.17) is 21.3 Å². The van der Waals surface area contributed by atoms with Gasteiger partial charge < -0.3 is 19.9 Å². The van der Waals surface area contributed by atoms with E-state index in [0.29, 0.717) is 57.6 Å². The largest absolute Gasteiger partial charge is 0.493 e. The lowest BCUT2D eigenvalue weighted by Crippen LogP contribution is -2.42. The van der Waals surface area contributed by atoms with Crippen LogP contribution in [0.3, 0.4) is 0 Å². The molecule has 3 aromatic rings. The molecule has 0 bridgehead atoms. The molecule has 2 aromatic heterocycles. The minimum absolute atomic E-state index is 0.0342. The molecule has 1 N–H and O–H groups in total. The van der Waals surface area contributed by atoms with Crippen molar-refractivity contribution < 1.29 is 14.3 Å². The van der Waals surface area contributed by atoms with Gasteiger partial charge in [0.1, 0.15) is 0 Å². The van der Waals surface area contributed by atoms with Crippen molar-refractivity contribution in [2.45, 2.75) is 26.3 Å². The number of carbonyl (C=O) groups is 2. The summed E-state index contributed by atoms with van der Waals surface area (Å²) >= 11 is 6.30. The third-order valence-corrected chi connectivity index (χ3v) is 6.71. The number of nitrogens with one attached hydrogen (secondary N) is 1. The van der Waals surface area contributed by atoms with Crippen LogP contribution in [0, 0.1) is 6.92 Å². The zero-order valence-electron chi connectivity index (χ0n) is 19.9. The summed E-state index contributed by atoms with van der Waals surface area (Å²) < 4.78 is 5.47. The molecule has 9 heteroatoms. The maximum atomic E-state index is 12.9. The zero-order valence-corrected chi connectivity index (χ0v) is 20.6. The normalized spacial score (nSPS) is 14.6. The second-order valence-electron chi connectivity index (χ2n) is 8.85. The van der Waals surface area contributed by atoms with Crippen molar-refractivity contribution in [2.24, 2.45) is 0 Å². The number of nitrogens with zero attached hydrogens (tertiary/aromatic N) is 4. The summed E-state index contributed by atoms with van der Waals surface area (Å²) in [7, 11) is 3.31. The van der Waals surface area contributed by atoms with Crippen LogP contribution in [-0.4, -0.2) is 58.8 Å². The van der Waals surface area contributed by atoms with Gasteiger partial charge in [-0.15, -0.1) is 0 Å². The standard InChI is InChI=1S/C26H26ClN5O3/c1-15-18(25(33)32-10-5-11-32)9-8-16(28-15)12-17-13-21(23-22(29-17)14-31(2)26(23)34)30-20-7-4-6-19(27)24(20)35-3/h4,6-9,13H,5,10-12,14H2,1-3H3,(H,29,30). The molecule has 0 saturated carbocycles. The molecule has 0 aliphatic carbocycles. The molecule has 1 aromatic carbocycles. The first-order valence-electron chi connectivity index (χ1n) is 11.5. The van der Waals surface area contributed by atoms with E-state index in [0.717, 1.165) is 30.9 Å². The van der Waals surface area contributed by atoms with Gasteiger partial charge in [-0.25, -0.2) is 0 Å². The quantitative estimate of drug-likeness (QED) is 0.555. The van der Waals surface area contributed by atoms with Gasteiger partial charge in [-0.05, 0) is 43.7 Å². The Bertz CT molecular complexity index is 1340. The number of amides is 2. The van der Waals surface area contributed by atoms with Gasteiger partial charge in [-0.2, -0.15) is 0 Å². The maximum Gasteiger partial charge on any atom is 0.257 e. The smallest absolute Gasteiger partial charge is 0.257 e. The number of aromatic nitrogens is 2. The lowest BCUT2D eigenvalue weighted by Gasteiger charge is -2.31. The molecular formula is C26H26ClN5O3. The van der Waals surface area contributed by atoms with Crippen LogP contribution in [0.25, 0.3) is 0 Å². The van der Waals surface area contributed by atoms with Crippen LogP contribution < -0.4 is 10.1 Å². The fourth-order valence-corrected chi connectivity index (χ4v) is 4.71. The van der Waals surface area contributed by atoms with Gasteiger partial charge in [0, 0.05) is 37.9 Å². The highest BCUT2D eigenvalue weighted by Crippen LogP contribution is 2.37. The third-order valence-electron chi connectivity index (χ3n) is 6.41. The molecule has 0 radical (unpaired) electrons. The minimum atomic E-state index is -0.0922. The summed E-state index contributed by atoms with van der Waals surface area (Å²) in [5.41, 5.74) is 5.46. The Morgan fingerprint density at radius 1 is 1.14 bits per heavy atom. The van der Waals surface area contributed by atoms with E-state index in [1.165, 1.54) is 0 Å². The van der Waals surface area contributed by atoms with Crippen molar-refractivity contribution in [1.29, 1.82) is 0 Å². The number of aryl methyl sites for hydroxylation is 1. The van der Waals surface area contributed by atoms with Crippen LogP contribution in [0.5, 0.6) is 5.75 Å². The Morgan fingerprint density at radius 2 is 1.94 bits per heavy atom. The van der Waals surface area contributed by atoms with Crippen LogP contribution in [0.4, 0.5) is 11.4 Å². The first-order valence-corrected chi connectivity index (χ1v) is 11.9. The van der Waals surface area contributed by atoms with E-state index in [1.807, 2.05) is 42.2 Å². The Hall–Kier alpha value is -3.65. The lowest BCUT2D eigenvalue weighted by atomic mass is 10.1. The number of methoxy groups -OCH3 is 1. The van der Waals surface area contributed by atoms with Crippen molar-refractivity contribution in [3.8, 4) is 5.75 Å². The second-order valence-corrected chi connectivity index (χ2v) is 9.25. The fourth-order valence-electron chi connectivity index (χ4n) is 4.46. The monoisotopic (exact) mass is 491 g/mol. The minimum Gasteiger partial charge on any atom is -0.493 e. The van der Waals surface area contributed by atoms with E-state index in [1.54, 1.807) is 25.1 Å². The summed E-state index contributed by atoms with van der Waals surface area (Å²) in [6, 6.07) is 11.0. The van der Waals surface area contributed by atoms with Gasteiger partial charge in [0.2, 0.25) is 0 Å².